The second-order valence-corrected chi connectivity index (χ2v) is 8.07. The lowest BCUT2D eigenvalue weighted by molar-refractivity contribution is -0.138. The number of aromatic nitrogens is 3. The predicted octanol–water partition coefficient (Wildman–Crippen LogP) is 4.24. The standard InChI is InChI=1S/C18H14Cl2F3N5O2S/c1-27(8-14(29)24-13-5-3-2-4-11(13)19)15(30)9-31-17-26-25-16-12(20)6-10(7-28(16)17)18(21,22)23/h2-7H,8-9H2,1H3,(H,24,29). The molecular formula is C18H14Cl2F3N5O2S. The van der Waals surface area contributed by atoms with Gasteiger partial charge in [0.05, 0.1) is 33.6 Å². The molecule has 1 aromatic carbocycles. The van der Waals surface area contributed by atoms with Crippen LogP contribution in [0.1, 0.15) is 5.56 Å². The van der Waals surface area contributed by atoms with E-state index in [-0.39, 0.29) is 28.1 Å². The molecular weight excluding hydrogens is 478 g/mol. The number of thioether (sulfide) groups is 1. The first-order valence-corrected chi connectivity index (χ1v) is 10.3. The largest absolute Gasteiger partial charge is 0.417 e. The average molecular weight is 492 g/mol. The number of para-hydroxylation sites is 1. The summed E-state index contributed by atoms with van der Waals surface area (Å²) in [5, 5.41) is 10.4. The first-order valence-electron chi connectivity index (χ1n) is 8.59. The molecule has 0 saturated heterocycles. The summed E-state index contributed by atoms with van der Waals surface area (Å²) in [6.07, 6.45) is -3.79. The van der Waals surface area contributed by atoms with Crippen LogP contribution in [0.3, 0.4) is 0 Å². The topological polar surface area (TPSA) is 79.6 Å². The van der Waals surface area contributed by atoms with Crippen molar-refractivity contribution in [3.63, 3.8) is 0 Å². The highest BCUT2D eigenvalue weighted by Crippen LogP contribution is 2.33. The molecule has 0 aliphatic carbocycles. The summed E-state index contributed by atoms with van der Waals surface area (Å²) in [6, 6.07) is 7.41. The number of hydrogen-bond donors (Lipinski definition) is 1. The highest BCUT2D eigenvalue weighted by molar-refractivity contribution is 7.99. The molecule has 0 atom stereocenters. The van der Waals surface area contributed by atoms with Gasteiger partial charge in [-0.1, -0.05) is 47.1 Å². The molecule has 0 spiro atoms. The Bertz CT molecular complexity index is 1140. The number of carbonyl (C=O) groups excluding carboxylic acids is 2. The van der Waals surface area contributed by atoms with Crippen LogP contribution in [0.15, 0.2) is 41.7 Å². The number of halogens is 5. The Hall–Kier alpha value is -2.50. The van der Waals surface area contributed by atoms with Crippen LogP contribution in [-0.4, -0.2) is 50.7 Å². The van der Waals surface area contributed by atoms with Gasteiger partial charge in [0.25, 0.3) is 0 Å². The second-order valence-electron chi connectivity index (χ2n) is 6.32. The zero-order valence-corrected chi connectivity index (χ0v) is 18.1. The van der Waals surface area contributed by atoms with Crippen LogP contribution in [0.2, 0.25) is 10.0 Å². The number of fused-ring (bicyclic) bond motifs is 1. The summed E-state index contributed by atoms with van der Waals surface area (Å²) >= 11 is 12.7. The fourth-order valence-electron chi connectivity index (χ4n) is 2.48. The minimum atomic E-state index is -4.60. The van der Waals surface area contributed by atoms with Gasteiger partial charge in [-0.15, -0.1) is 10.2 Å². The van der Waals surface area contributed by atoms with Crippen molar-refractivity contribution in [3.05, 3.63) is 52.1 Å². The molecule has 0 aliphatic rings. The Morgan fingerprint density at radius 2 is 1.90 bits per heavy atom. The maximum absolute atomic E-state index is 13.0. The van der Waals surface area contributed by atoms with Crippen LogP contribution in [0.25, 0.3) is 5.65 Å². The zero-order chi connectivity index (χ0) is 22.8. The SMILES string of the molecule is CN(CC(=O)Nc1ccccc1Cl)C(=O)CSc1nnc2c(Cl)cc(C(F)(F)F)cn12. The van der Waals surface area contributed by atoms with Gasteiger partial charge >= 0.3 is 6.18 Å². The van der Waals surface area contributed by atoms with Gasteiger partial charge in [0.15, 0.2) is 10.8 Å². The molecule has 164 valence electrons. The van der Waals surface area contributed by atoms with Gasteiger partial charge in [-0.05, 0) is 18.2 Å². The number of hydrogen-bond acceptors (Lipinski definition) is 5. The van der Waals surface area contributed by atoms with Gasteiger partial charge in [0.2, 0.25) is 11.8 Å². The van der Waals surface area contributed by atoms with Crippen molar-refractivity contribution < 1.29 is 22.8 Å². The monoisotopic (exact) mass is 491 g/mol. The van der Waals surface area contributed by atoms with Crippen molar-refractivity contribution in [1.29, 1.82) is 0 Å². The van der Waals surface area contributed by atoms with E-state index in [0.29, 0.717) is 10.7 Å². The van der Waals surface area contributed by atoms with Crippen molar-refractivity contribution in [3.8, 4) is 0 Å². The molecule has 0 unspecified atom stereocenters. The van der Waals surface area contributed by atoms with Crippen LogP contribution >= 0.6 is 35.0 Å². The lowest BCUT2D eigenvalue weighted by atomic mass is 10.3. The van der Waals surface area contributed by atoms with Crippen LogP contribution in [-0.2, 0) is 15.8 Å². The van der Waals surface area contributed by atoms with E-state index in [1.165, 1.54) is 11.9 Å². The highest BCUT2D eigenvalue weighted by atomic mass is 35.5. The fourth-order valence-corrected chi connectivity index (χ4v) is 3.76. The molecule has 0 bridgehead atoms. The zero-order valence-electron chi connectivity index (χ0n) is 15.8. The van der Waals surface area contributed by atoms with Crippen molar-refractivity contribution in [1.82, 2.24) is 19.5 Å². The van der Waals surface area contributed by atoms with E-state index in [1.54, 1.807) is 24.3 Å². The number of carbonyl (C=O) groups is 2. The summed E-state index contributed by atoms with van der Waals surface area (Å²) in [5.41, 5.74) is -0.514. The number of rotatable bonds is 6. The van der Waals surface area contributed by atoms with Gasteiger partial charge in [0.1, 0.15) is 0 Å². The quantitative estimate of drug-likeness (QED) is 0.521. The van der Waals surface area contributed by atoms with E-state index < -0.39 is 23.6 Å². The first kappa shape index (κ1) is 23.2. The molecule has 7 nitrogen and oxygen atoms in total. The summed E-state index contributed by atoms with van der Waals surface area (Å²) < 4.78 is 40.2. The first-order chi connectivity index (χ1) is 14.6. The van der Waals surface area contributed by atoms with Crippen LogP contribution in [0.5, 0.6) is 0 Å². The molecule has 13 heteroatoms. The van der Waals surface area contributed by atoms with Crippen LogP contribution < -0.4 is 5.32 Å². The van der Waals surface area contributed by atoms with E-state index in [4.69, 9.17) is 23.2 Å². The van der Waals surface area contributed by atoms with Crippen molar-refractivity contribution in [2.45, 2.75) is 11.3 Å². The Morgan fingerprint density at radius 3 is 2.58 bits per heavy atom. The maximum atomic E-state index is 13.0. The summed E-state index contributed by atoms with van der Waals surface area (Å²) in [4.78, 5) is 25.7. The Kier molecular flexibility index (Phi) is 6.97. The molecule has 1 N–H and O–H groups in total. The third kappa shape index (κ3) is 5.60. The summed E-state index contributed by atoms with van der Waals surface area (Å²) in [7, 11) is 1.43. The number of anilines is 1. The van der Waals surface area contributed by atoms with E-state index in [0.717, 1.165) is 28.4 Å². The molecule has 0 fully saturated rings. The number of nitrogens with one attached hydrogen (secondary N) is 1. The fraction of sp³-hybridized carbons (Fsp3) is 0.222. The van der Waals surface area contributed by atoms with E-state index in [2.05, 4.69) is 15.5 Å². The van der Waals surface area contributed by atoms with Gasteiger partial charge in [-0.3, -0.25) is 14.0 Å². The van der Waals surface area contributed by atoms with Crippen molar-refractivity contribution in [2.24, 2.45) is 0 Å². The second kappa shape index (κ2) is 9.33. The Labute approximate surface area is 188 Å². The van der Waals surface area contributed by atoms with Gasteiger partial charge in [0, 0.05) is 13.2 Å². The molecule has 31 heavy (non-hydrogen) atoms. The molecule has 3 aromatic rings. The third-order valence-corrected chi connectivity index (χ3v) is 5.57. The molecule has 0 aliphatic heterocycles. The van der Waals surface area contributed by atoms with Gasteiger partial charge < -0.3 is 10.2 Å². The van der Waals surface area contributed by atoms with Crippen molar-refractivity contribution >= 4 is 58.1 Å². The Morgan fingerprint density at radius 1 is 1.19 bits per heavy atom. The number of alkyl halides is 3. The number of nitrogens with zero attached hydrogens (tertiary/aromatic N) is 4. The summed E-state index contributed by atoms with van der Waals surface area (Å²) in [5.74, 6) is -1.07. The number of benzene rings is 1. The lowest BCUT2D eigenvalue weighted by Gasteiger charge is -2.16. The molecule has 0 saturated carbocycles. The number of amides is 2. The minimum Gasteiger partial charge on any atom is -0.336 e. The molecule has 3 rings (SSSR count). The molecule has 2 aromatic heterocycles. The normalized spacial score (nSPS) is 11.5. The number of pyridine rings is 1. The van der Waals surface area contributed by atoms with Crippen LogP contribution in [0, 0.1) is 0 Å². The van der Waals surface area contributed by atoms with Crippen molar-refractivity contribution in [2.75, 3.05) is 24.7 Å². The molecule has 2 amide bonds. The third-order valence-electron chi connectivity index (χ3n) is 4.04. The maximum Gasteiger partial charge on any atom is 0.417 e. The number of likely N-dealkylation sites (N-methyl/N-ethyl adjacent to an activating group) is 1. The van der Waals surface area contributed by atoms with E-state index in [1.807, 2.05) is 0 Å². The molecule has 2 heterocycles. The smallest absolute Gasteiger partial charge is 0.336 e. The molecule has 0 radical (unpaired) electrons. The summed E-state index contributed by atoms with van der Waals surface area (Å²) in [6.45, 7) is -0.241. The van der Waals surface area contributed by atoms with Gasteiger partial charge in [-0.2, -0.15) is 13.2 Å². The van der Waals surface area contributed by atoms with Gasteiger partial charge in [-0.25, -0.2) is 0 Å². The van der Waals surface area contributed by atoms with Crippen LogP contribution in [0.4, 0.5) is 18.9 Å². The Balaban J connectivity index is 1.63. The lowest BCUT2D eigenvalue weighted by Crippen LogP contribution is -2.36. The minimum absolute atomic E-state index is 0.0390. The predicted molar refractivity (Wildman–Crippen MR) is 111 cm³/mol. The highest BCUT2D eigenvalue weighted by Gasteiger charge is 2.32. The van der Waals surface area contributed by atoms with E-state index >= 15 is 0 Å². The average Bonchev–Trinajstić information content (AvgIpc) is 3.10. The van der Waals surface area contributed by atoms with E-state index in [9.17, 15) is 22.8 Å².